The number of carbonyl (C=O) groups is 1. The van der Waals surface area contributed by atoms with Crippen LogP contribution in [0.3, 0.4) is 0 Å². The van der Waals surface area contributed by atoms with Crippen molar-refractivity contribution in [2.75, 3.05) is 39.8 Å². The summed E-state index contributed by atoms with van der Waals surface area (Å²) in [6.45, 7) is 4.41. The lowest BCUT2D eigenvalue weighted by Crippen LogP contribution is -2.51. The lowest BCUT2D eigenvalue weighted by molar-refractivity contribution is -0.112. The van der Waals surface area contributed by atoms with E-state index in [0.717, 1.165) is 32.5 Å². The molecule has 0 aromatic heterocycles. The maximum atomic E-state index is 10.6. The van der Waals surface area contributed by atoms with Crippen LogP contribution in [-0.4, -0.2) is 61.9 Å². The minimum atomic E-state index is -0.0706. The molecule has 4 nitrogen and oxygen atoms in total. The van der Waals surface area contributed by atoms with Gasteiger partial charge in [0.15, 0.2) is 0 Å². The van der Waals surface area contributed by atoms with E-state index in [0.29, 0.717) is 6.54 Å². The molecule has 0 radical (unpaired) electrons. The van der Waals surface area contributed by atoms with E-state index in [9.17, 15) is 4.79 Å². The van der Waals surface area contributed by atoms with E-state index in [4.69, 9.17) is 5.73 Å². The Balaban J connectivity index is 2.37. The Morgan fingerprint density at radius 2 is 2.00 bits per heavy atom. The number of hydrogen-bond acceptors (Lipinski definition) is 4. The lowest BCUT2D eigenvalue weighted by atomic mass is 10.2. The zero-order chi connectivity index (χ0) is 8.97. The molecule has 2 N–H and O–H groups in total. The van der Waals surface area contributed by atoms with Gasteiger partial charge in [-0.2, -0.15) is 0 Å². The number of piperazine rings is 1. The first-order chi connectivity index (χ1) is 5.77. The zero-order valence-corrected chi connectivity index (χ0v) is 7.57. The molecule has 1 rings (SSSR count). The standard InChI is InChI=1S/C8H17N3O/c1-10-2-4-11(5-3-10)8(6-9)7-12/h7-8H,2-6,9H2,1H3. The molecule has 1 aliphatic rings. The molecule has 0 aromatic carbocycles. The van der Waals surface area contributed by atoms with E-state index >= 15 is 0 Å². The summed E-state index contributed by atoms with van der Waals surface area (Å²) >= 11 is 0. The van der Waals surface area contributed by atoms with Gasteiger partial charge in [0.05, 0.1) is 6.04 Å². The van der Waals surface area contributed by atoms with Crippen LogP contribution in [0.2, 0.25) is 0 Å². The normalized spacial score (nSPS) is 23.8. The number of aldehydes is 1. The minimum absolute atomic E-state index is 0.0706. The highest BCUT2D eigenvalue weighted by Crippen LogP contribution is 2.02. The predicted octanol–water partition coefficient (Wildman–Crippen LogP) is -1.24. The maximum Gasteiger partial charge on any atom is 0.138 e. The first-order valence-corrected chi connectivity index (χ1v) is 4.36. The van der Waals surface area contributed by atoms with Crippen LogP contribution >= 0.6 is 0 Å². The maximum absolute atomic E-state index is 10.6. The third-order valence-corrected chi connectivity index (χ3v) is 2.41. The molecular formula is C8H17N3O. The summed E-state index contributed by atoms with van der Waals surface area (Å²) in [4.78, 5) is 15.0. The van der Waals surface area contributed by atoms with E-state index in [1.165, 1.54) is 0 Å². The predicted molar refractivity (Wildman–Crippen MR) is 48.0 cm³/mol. The van der Waals surface area contributed by atoms with E-state index in [1.54, 1.807) is 0 Å². The molecule has 0 saturated carbocycles. The number of nitrogens with zero attached hydrogens (tertiary/aromatic N) is 2. The molecule has 1 fully saturated rings. The van der Waals surface area contributed by atoms with Gasteiger partial charge in [-0.25, -0.2) is 0 Å². The molecule has 1 heterocycles. The van der Waals surface area contributed by atoms with Crippen LogP contribution in [0, 0.1) is 0 Å². The Morgan fingerprint density at radius 3 is 2.42 bits per heavy atom. The van der Waals surface area contributed by atoms with E-state index < -0.39 is 0 Å². The Hall–Kier alpha value is -0.450. The smallest absolute Gasteiger partial charge is 0.138 e. The fourth-order valence-corrected chi connectivity index (χ4v) is 1.44. The second-order valence-corrected chi connectivity index (χ2v) is 3.28. The summed E-state index contributed by atoms with van der Waals surface area (Å²) < 4.78 is 0. The molecule has 1 atom stereocenters. The SMILES string of the molecule is CN1CCN(C(C=O)CN)CC1. The van der Waals surface area contributed by atoms with E-state index in [1.807, 2.05) is 0 Å². The van der Waals surface area contributed by atoms with Crippen molar-refractivity contribution in [1.82, 2.24) is 9.80 Å². The molecule has 0 amide bonds. The molecule has 0 spiro atoms. The van der Waals surface area contributed by atoms with Crippen molar-refractivity contribution < 1.29 is 4.79 Å². The van der Waals surface area contributed by atoms with Crippen molar-refractivity contribution in [3.8, 4) is 0 Å². The van der Waals surface area contributed by atoms with Crippen LogP contribution in [0.25, 0.3) is 0 Å². The van der Waals surface area contributed by atoms with Gasteiger partial charge >= 0.3 is 0 Å². The summed E-state index contributed by atoms with van der Waals surface area (Å²) in [5.74, 6) is 0. The van der Waals surface area contributed by atoms with Crippen LogP contribution in [0.1, 0.15) is 0 Å². The van der Waals surface area contributed by atoms with Gasteiger partial charge in [0.1, 0.15) is 6.29 Å². The van der Waals surface area contributed by atoms with Gasteiger partial charge in [-0.1, -0.05) is 0 Å². The Labute approximate surface area is 73.3 Å². The van der Waals surface area contributed by atoms with Crippen molar-refractivity contribution in [2.24, 2.45) is 5.73 Å². The van der Waals surface area contributed by atoms with Gasteiger partial charge in [0.25, 0.3) is 0 Å². The highest BCUT2D eigenvalue weighted by atomic mass is 16.1. The molecule has 0 aliphatic carbocycles. The molecule has 1 unspecified atom stereocenters. The van der Waals surface area contributed by atoms with Gasteiger partial charge in [-0.15, -0.1) is 0 Å². The first-order valence-electron chi connectivity index (χ1n) is 4.36. The summed E-state index contributed by atoms with van der Waals surface area (Å²) in [5, 5.41) is 0. The summed E-state index contributed by atoms with van der Waals surface area (Å²) in [6.07, 6.45) is 0.950. The minimum Gasteiger partial charge on any atom is -0.328 e. The average Bonchev–Trinajstić information content (AvgIpc) is 2.10. The largest absolute Gasteiger partial charge is 0.328 e. The quantitative estimate of drug-likeness (QED) is 0.540. The molecule has 0 bridgehead atoms. The van der Waals surface area contributed by atoms with E-state index in [2.05, 4.69) is 16.8 Å². The number of carbonyl (C=O) groups excluding carboxylic acids is 1. The summed E-state index contributed by atoms with van der Waals surface area (Å²) in [6, 6.07) is -0.0706. The van der Waals surface area contributed by atoms with Crippen molar-refractivity contribution in [2.45, 2.75) is 6.04 Å². The molecular weight excluding hydrogens is 154 g/mol. The highest BCUT2D eigenvalue weighted by molar-refractivity contribution is 5.57. The molecule has 1 aliphatic heterocycles. The third-order valence-electron chi connectivity index (χ3n) is 2.41. The molecule has 0 aromatic rings. The Kier molecular flexibility index (Phi) is 3.65. The van der Waals surface area contributed by atoms with Gasteiger partial charge in [-0.05, 0) is 7.05 Å². The summed E-state index contributed by atoms with van der Waals surface area (Å²) in [5.41, 5.74) is 5.46. The number of nitrogens with two attached hydrogens (primary N) is 1. The molecule has 70 valence electrons. The average molecular weight is 171 g/mol. The fraction of sp³-hybridized carbons (Fsp3) is 0.875. The zero-order valence-electron chi connectivity index (χ0n) is 7.57. The lowest BCUT2D eigenvalue weighted by Gasteiger charge is -2.35. The number of hydrogen-bond donors (Lipinski definition) is 1. The van der Waals surface area contributed by atoms with Crippen LogP contribution < -0.4 is 5.73 Å². The van der Waals surface area contributed by atoms with Crippen LogP contribution in [-0.2, 0) is 4.79 Å². The van der Waals surface area contributed by atoms with Gasteiger partial charge in [-0.3, -0.25) is 4.90 Å². The highest BCUT2D eigenvalue weighted by Gasteiger charge is 2.20. The molecule has 12 heavy (non-hydrogen) atoms. The monoisotopic (exact) mass is 171 g/mol. The van der Waals surface area contributed by atoms with E-state index in [-0.39, 0.29) is 6.04 Å². The van der Waals surface area contributed by atoms with Crippen molar-refractivity contribution in [3.63, 3.8) is 0 Å². The topological polar surface area (TPSA) is 49.6 Å². The van der Waals surface area contributed by atoms with Crippen molar-refractivity contribution in [3.05, 3.63) is 0 Å². The van der Waals surface area contributed by atoms with Crippen molar-refractivity contribution in [1.29, 1.82) is 0 Å². The summed E-state index contributed by atoms with van der Waals surface area (Å²) in [7, 11) is 2.09. The number of rotatable bonds is 3. The van der Waals surface area contributed by atoms with Crippen LogP contribution in [0.5, 0.6) is 0 Å². The van der Waals surface area contributed by atoms with Gasteiger partial charge in [0.2, 0.25) is 0 Å². The van der Waals surface area contributed by atoms with Gasteiger partial charge in [0, 0.05) is 32.7 Å². The van der Waals surface area contributed by atoms with Crippen molar-refractivity contribution >= 4 is 6.29 Å². The molecule has 1 saturated heterocycles. The van der Waals surface area contributed by atoms with Crippen LogP contribution in [0.4, 0.5) is 0 Å². The first kappa shape index (κ1) is 9.64. The second-order valence-electron chi connectivity index (χ2n) is 3.28. The third kappa shape index (κ3) is 2.27. The Morgan fingerprint density at radius 1 is 1.42 bits per heavy atom. The molecule has 4 heteroatoms. The Bertz CT molecular complexity index is 143. The number of likely N-dealkylation sites (N-methyl/N-ethyl adjacent to an activating group) is 1. The van der Waals surface area contributed by atoms with Gasteiger partial charge < -0.3 is 15.4 Å². The fourth-order valence-electron chi connectivity index (χ4n) is 1.44. The van der Waals surface area contributed by atoms with Crippen LogP contribution in [0.15, 0.2) is 0 Å². The second kappa shape index (κ2) is 4.54.